The predicted octanol–water partition coefficient (Wildman–Crippen LogP) is 3.88. The van der Waals surface area contributed by atoms with Crippen molar-refractivity contribution in [1.29, 1.82) is 0 Å². The fourth-order valence-corrected chi connectivity index (χ4v) is 1.52. The van der Waals surface area contributed by atoms with Gasteiger partial charge in [0.05, 0.1) is 5.56 Å². The molecule has 0 aliphatic heterocycles. The molecular formula is C13H9F3N. The molecule has 0 unspecified atom stereocenters. The minimum Gasteiger partial charge on any atom is -0.262 e. The molecule has 0 aliphatic carbocycles. The fourth-order valence-electron chi connectivity index (χ4n) is 1.52. The molecule has 2 rings (SSSR count). The molecule has 1 aromatic carbocycles. The van der Waals surface area contributed by atoms with Gasteiger partial charge in [0.25, 0.3) is 0 Å². The SMILES string of the molecule is Cc1cc(-c2[c]ccc(C(F)(F)F)c2)ccn1. The second-order valence-electron chi connectivity index (χ2n) is 3.67. The highest BCUT2D eigenvalue weighted by Gasteiger charge is 2.30. The Morgan fingerprint density at radius 2 is 1.94 bits per heavy atom. The summed E-state index contributed by atoms with van der Waals surface area (Å²) in [5.74, 6) is 0. The Morgan fingerprint density at radius 3 is 2.59 bits per heavy atom. The highest BCUT2D eigenvalue weighted by Crippen LogP contribution is 2.31. The molecule has 17 heavy (non-hydrogen) atoms. The Hall–Kier alpha value is -1.84. The van der Waals surface area contributed by atoms with E-state index in [2.05, 4.69) is 11.1 Å². The molecule has 0 fully saturated rings. The van der Waals surface area contributed by atoms with Crippen LogP contribution < -0.4 is 0 Å². The molecule has 1 radical (unpaired) electrons. The number of rotatable bonds is 1. The zero-order chi connectivity index (χ0) is 12.5. The summed E-state index contributed by atoms with van der Waals surface area (Å²) in [7, 11) is 0. The molecule has 1 nitrogen and oxygen atoms in total. The second kappa shape index (κ2) is 4.20. The van der Waals surface area contributed by atoms with Crippen LogP contribution in [0.3, 0.4) is 0 Å². The van der Waals surface area contributed by atoms with Crippen LogP contribution in [-0.4, -0.2) is 4.98 Å². The van der Waals surface area contributed by atoms with Crippen LogP contribution in [0.5, 0.6) is 0 Å². The van der Waals surface area contributed by atoms with Crippen molar-refractivity contribution in [3.8, 4) is 11.1 Å². The number of pyridine rings is 1. The average molecular weight is 236 g/mol. The van der Waals surface area contributed by atoms with Crippen LogP contribution in [0.2, 0.25) is 0 Å². The lowest BCUT2D eigenvalue weighted by Gasteiger charge is -2.08. The van der Waals surface area contributed by atoms with Crippen LogP contribution in [0.1, 0.15) is 11.3 Å². The van der Waals surface area contributed by atoms with Gasteiger partial charge in [-0.2, -0.15) is 13.2 Å². The molecule has 0 saturated carbocycles. The van der Waals surface area contributed by atoms with Crippen molar-refractivity contribution in [2.45, 2.75) is 13.1 Å². The second-order valence-corrected chi connectivity index (χ2v) is 3.67. The lowest BCUT2D eigenvalue weighted by atomic mass is 10.0. The van der Waals surface area contributed by atoms with Gasteiger partial charge in [-0.15, -0.1) is 0 Å². The van der Waals surface area contributed by atoms with Crippen LogP contribution in [0.4, 0.5) is 13.2 Å². The largest absolute Gasteiger partial charge is 0.416 e. The van der Waals surface area contributed by atoms with E-state index in [0.29, 0.717) is 11.1 Å². The molecular weight excluding hydrogens is 227 g/mol. The lowest BCUT2D eigenvalue weighted by molar-refractivity contribution is -0.137. The van der Waals surface area contributed by atoms with Gasteiger partial charge in [-0.1, -0.05) is 6.07 Å². The lowest BCUT2D eigenvalue weighted by Crippen LogP contribution is -2.04. The van der Waals surface area contributed by atoms with Gasteiger partial charge in [-0.3, -0.25) is 4.98 Å². The highest BCUT2D eigenvalue weighted by atomic mass is 19.4. The first-order valence-electron chi connectivity index (χ1n) is 4.99. The van der Waals surface area contributed by atoms with Crippen LogP contribution in [0, 0.1) is 13.0 Å². The molecule has 0 amide bonds. The molecule has 1 aromatic heterocycles. The Kier molecular flexibility index (Phi) is 2.88. The third-order valence-corrected chi connectivity index (χ3v) is 2.34. The van der Waals surface area contributed by atoms with Gasteiger partial charge in [0, 0.05) is 11.9 Å². The smallest absolute Gasteiger partial charge is 0.262 e. The van der Waals surface area contributed by atoms with Gasteiger partial charge in [-0.05, 0) is 48.4 Å². The molecule has 1 heterocycles. The maximum absolute atomic E-state index is 12.5. The van der Waals surface area contributed by atoms with E-state index >= 15 is 0 Å². The number of hydrogen-bond acceptors (Lipinski definition) is 1. The number of hydrogen-bond donors (Lipinski definition) is 0. The van der Waals surface area contributed by atoms with Gasteiger partial charge in [-0.25, -0.2) is 0 Å². The van der Waals surface area contributed by atoms with Gasteiger partial charge in [0.15, 0.2) is 0 Å². The predicted molar refractivity (Wildman–Crippen MR) is 58.2 cm³/mol. The standard InChI is InChI=1S/C13H9F3N/c1-9-7-11(5-6-17-9)10-3-2-4-12(8-10)13(14,15)16/h2,4-8H,1H3. The summed E-state index contributed by atoms with van der Waals surface area (Å²) in [4.78, 5) is 4.00. The molecule has 0 aliphatic rings. The Morgan fingerprint density at radius 1 is 1.18 bits per heavy atom. The van der Waals surface area contributed by atoms with E-state index in [1.165, 1.54) is 6.07 Å². The Balaban J connectivity index is 2.47. The van der Waals surface area contributed by atoms with Crippen LogP contribution in [-0.2, 0) is 6.18 Å². The molecule has 87 valence electrons. The number of halogens is 3. The van der Waals surface area contributed by atoms with Crippen molar-refractivity contribution in [1.82, 2.24) is 4.98 Å². The van der Waals surface area contributed by atoms with E-state index in [9.17, 15) is 13.2 Å². The number of aryl methyl sites for hydroxylation is 1. The third kappa shape index (κ3) is 2.64. The van der Waals surface area contributed by atoms with Crippen molar-refractivity contribution in [2.75, 3.05) is 0 Å². The summed E-state index contributed by atoms with van der Waals surface area (Å²) < 4.78 is 37.6. The fraction of sp³-hybridized carbons (Fsp3) is 0.154. The van der Waals surface area contributed by atoms with Gasteiger partial charge < -0.3 is 0 Å². The van der Waals surface area contributed by atoms with E-state index in [1.54, 1.807) is 25.3 Å². The van der Waals surface area contributed by atoms with Crippen LogP contribution >= 0.6 is 0 Å². The quantitative estimate of drug-likeness (QED) is 0.732. The average Bonchev–Trinajstić information content (AvgIpc) is 2.28. The summed E-state index contributed by atoms with van der Waals surface area (Å²) in [6.07, 6.45) is -2.76. The normalized spacial score (nSPS) is 11.5. The maximum atomic E-state index is 12.5. The zero-order valence-electron chi connectivity index (χ0n) is 9.05. The molecule has 0 spiro atoms. The number of nitrogens with zero attached hydrogens (tertiary/aromatic N) is 1. The summed E-state index contributed by atoms with van der Waals surface area (Å²) >= 11 is 0. The van der Waals surface area contributed by atoms with Crippen molar-refractivity contribution in [2.24, 2.45) is 0 Å². The topological polar surface area (TPSA) is 12.9 Å². The number of benzene rings is 1. The van der Waals surface area contributed by atoms with Crippen molar-refractivity contribution in [3.05, 3.63) is 53.9 Å². The van der Waals surface area contributed by atoms with Gasteiger partial charge in [0.1, 0.15) is 0 Å². The van der Waals surface area contributed by atoms with Gasteiger partial charge in [0.2, 0.25) is 0 Å². The monoisotopic (exact) mass is 236 g/mol. The molecule has 0 saturated heterocycles. The van der Waals surface area contributed by atoms with Gasteiger partial charge >= 0.3 is 6.18 Å². The highest BCUT2D eigenvalue weighted by molar-refractivity contribution is 5.63. The zero-order valence-corrected chi connectivity index (χ0v) is 9.05. The summed E-state index contributed by atoms with van der Waals surface area (Å²) in [6.45, 7) is 1.79. The summed E-state index contributed by atoms with van der Waals surface area (Å²) in [5.41, 5.74) is 1.20. The molecule has 0 atom stereocenters. The Bertz CT molecular complexity index is 532. The molecule has 0 bridgehead atoms. The maximum Gasteiger partial charge on any atom is 0.416 e. The van der Waals surface area contributed by atoms with E-state index in [1.807, 2.05) is 0 Å². The van der Waals surface area contributed by atoms with E-state index in [4.69, 9.17) is 0 Å². The molecule has 2 aromatic rings. The Labute approximate surface area is 96.9 Å². The van der Waals surface area contributed by atoms with E-state index in [-0.39, 0.29) is 0 Å². The van der Waals surface area contributed by atoms with E-state index < -0.39 is 11.7 Å². The first-order valence-corrected chi connectivity index (χ1v) is 4.99. The first-order chi connectivity index (χ1) is 7.97. The van der Waals surface area contributed by atoms with Crippen LogP contribution in [0.25, 0.3) is 11.1 Å². The minimum atomic E-state index is -4.33. The first kappa shape index (κ1) is 11.6. The van der Waals surface area contributed by atoms with Crippen molar-refractivity contribution < 1.29 is 13.2 Å². The minimum absolute atomic E-state index is 0.422. The van der Waals surface area contributed by atoms with Crippen molar-refractivity contribution >= 4 is 0 Å². The summed E-state index contributed by atoms with van der Waals surface area (Å²) in [5, 5.41) is 0. The molecule has 0 N–H and O–H groups in total. The number of alkyl halides is 3. The van der Waals surface area contributed by atoms with Crippen molar-refractivity contribution in [3.63, 3.8) is 0 Å². The number of aromatic nitrogens is 1. The summed E-state index contributed by atoms with van der Waals surface area (Å²) in [6, 6.07) is 9.58. The third-order valence-electron chi connectivity index (χ3n) is 2.34. The van der Waals surface area contributed by atoms with E-state index in [0.717, 1.165) is 17.8 Å². The molecule has 4 heteroatoms. The van der Waals surface area contributed by atoms with Crippen LogP contribution in [0.15, 0.2) is 36.5 Å².